The van der Waals surface area contributed by atoms with Gasteiger partial charge in [0.1, 0.15) is 0 Å². The monoisotopic (exact) mass is 192 g/mol. The molecule has 0 saturated heterocycles. The van der Waals surface area contributed by atoms with Crippen molar-refractivity contribution < 1.29 is 0 Å². The Labute approximate surface area is 81.8 Å². The average molecular weight is 193 g/mol. The number of rotatable bonds is 2. The highest BCUT2D eigenvalue weighted by Crippen LogP contribution is 2.07. The Hall–Kier alpha value is -1.28. The largest absolute Gasteiger partial charge is 0.267 e. The van der Waals surface area contributed by atoms with Gasteiger partial charge in [-0.1, -0.05) is 41.9 Å². The van der Waals surface area contributed by atoms with E-state index in [1.54, 1.807) is 6.20 Å². The van der Waals surface area contributed by atoms with Crippen molar-refractivity contribution in [2.45, 2.75) is 6.54 Å². The minimum Gasteiger partial charge on any atom is -0.267 e. The summed E-state index contributed by atoms with van der Waals surface area (Å²) in [5.74, 6) is 0. The van der Waals surface area contributed by atoms with Crippen molar-refractivity contribution in [3.63, 3.8) is 0 Å². The van der Waals surface area contributed by atoms with Gasteiger partial charge in [-0.05, 0) is 5.56 Å². The zero-order valence-corrected chi connectivity index (χ0v) is 7.78. The van der Waals surface area contributed by atoms with Crippen LogP contribution in [0.3, 0.4) is 0 Å². The maximum Gasteiger partial charge on any atom is 0.0785 e. The summed E-state index contributed by atoms with van der Waals surface area (Å²) >= 11 is 5.74. The summed E-state index contributed by atoms with van der Waals surface area (Å²) in [6.07, 6.45) is 3.46. The van der Waals surface area contributed by atoms with Crippen LogP contribution in [-0.2, 0) is 6.54 Å². The van der Waals surface area contributed by atoms with Gasteiger partial charge in [0.2, 0.25) is 0 Å². The minimum absolute atomic E-state index is 0.677. The molecule has 0 unspecified atom stereocenters. The summed E-state index contributed by atoms with van der Waals surface area (Å²) < 4.78 is 1.82. The lowest BCUT2D eigenvalue weighted by atomic mass is 10.2. The first kappa shape index (κ1) is 8.32. The number of benzene rings is 1. The smallest absolute Gasteiger partial charge is 0.0785 e. The molecule has 0 aliphatic rings. The summed E-state index contributed by atoms with van der Waals surface area (Å²) in [4.78, 5) is 0. The molecule has 13 heavy (non-hydrogen) atoms. The van der Waals surface area contributed by atoms with Crippen molar-refractivity contribution in [2.75, 3.05) is 0 Å². The van der Waals surface area contributed by atoms with Crippen molar-refractivity contribution in [3.8, 4) is 0 Å². The van der Waals surface area contributed by atoms with Gasteiger partial charge in [0, 0.05) is 6.20 Å². The van der Waals surface area contributed by atoms with Crippen LogP contribution in [0.1, 0.15) is 5.56 Å². The highest BCUT2D eigenvalue weighted by molar-refractivity contribution is 6.30. The molecule has 0 saturated carbocycles. The molecule has 3 heteroatoms. The van der Waals surface area contributed by atoms with E-state index in [-0.39, 0.29) is 0 Å². The van der Waals surface area contributed by atoms with Gasteiger partial charge in [-0.25, -0.2) is 0 Å². The molecule has 2 aromatic rings. The average Bonchev–Trinajstić information content (AvgIpc) is 2.53. The first-order chi connectivity index (χ1) is 6.34. The molecule has 0 spiro atoms. The number of halogens is 1. The molecule has 1 heterocycles. The summed E-state index contributed by atoms with van der Waals surface area (Å²) in [6, 6.07) is 10.2. The van der Waals surface area contributed by atoms with E-state index < -0.39 is 0 Å². The Kier molecular flexibility index (Phi) is 2.32. The van der Waals surface area contributed by atoms with Gasteiger partial charge in [0.15, 0.2) is 0 Å². The van der Waals surface area contributed by atoms with Gasteiger partial charge in [-0.15, -0.1) is 0 Å². The van der Waals surface area contributed by atoms with E-state index >= 15 is 0 Å². The van der Waals surface area contributed by atoms with E-state index in [0.717, 1.165) is 6.54 Å². The first-order valence-corrected chi connectivity index (χ1v) is 4.44. The third kappa shape index (κ3) is 2.10. The van der Waals surface area contributed by atoms with Crippen LogP contribution in [0.5, 0.6) is 0 Å². The van der Waals surface area contributed by atoms with E-state index in [1.165, 1.54) is 5.56 Å². The van der Waals surface area contributed by atoms with Crippen molar-refractivity contribution >= 4 is 11.6 Å². The van der Waals surface area contributed by atoms with Crippen molar-refractivity contribution in [1.82, 2.24) is 9.78 Å². The fraction of sp³-hybridized carbons (Fsp3) is 0.100. The Balaban J connectivity index is 2.15. The van der Waals surface area contributed by atoms with Gasteiger partial charge >= 0.3 is 0 Å². The standard InChI is InChI=1S/C10H9ClN2/c11-10-6-12-13(8-10)7-9-4-2-1-3-5-9/h1-6,8H,7H2. The second-order valence-corrected chi connectivity index (χ2v) is 3.28. The molecule has 66 valence electrons. The SMILES string of the molecule is Clc1cnn(Cc2ccccc2)c1. The number of hydrogen-bond acceptors (Lipinski definition) is 1. The molecular weight excluding hydrogens is 184 g/mol. The minimum atomic E-state index is 0.677. The maximum absolute atomic E-state index is 5.74. The quantitative estimate of drug-likeness (QED) is 0.715. The van der Waals surface area contributed by atoms with Crippen LogP contribution < -0.4 is 0 Å². The summed E-state index contributed by atoms with van der Waals surface area (Å²) in [5, 5.41) is 4.77. The normalized spacial score (nSPS) is 10.2. The zero-order chi connectivity index (χ0) is 9.10. The van der Waals surface area contributed by atoms with E-state index in [0.29, 0.717) is 5.02 Å². The molecule has 1 aromatic carbocycles. The van der Waals surface area contributed by atoms with Crippen molar-refractivity contribution in [3.05, 3.63) is 53.3 Å². The van der Waals surface area contributed by atoms with Crippen LogP contribution in [0, 0.1) is 0 Å². The third-order valence-electron chi connectivity index (χ3n) is 1.79. The molecule has 2 rings (SSSR count). The lowest BCUT2D eigenvalue weighted by Gasteiger charge is -1.99. The maximum atomic E-state index is 5.74. The van der Waals surface area contributed by atoms with E-state index in [2.05, 4.69) is 17.2 Å². The topological polar surface area (TPSA) is 17.8 Å². The predicted octanol–water partition coefficient (Wildman–Crippen LogP) is 2.58. The molecule has 2 nitrogen and oxygen atoms in total. The molecule has 0 aliphatic carbocycles. The Morgan fingerprint density at radius 1 is 1.23 bits per heavy atom. The first-order valence-electron chi connectivity index (χ1n) is 4.06. The highest BCUT2D eigenvalue weighted by atomic mass is 35.5. The second-order valence-electron chi connectivity index (χ2n) is 2.84. The molecule has 1 aromatic heterocycles. The van der Waals surface area contributed by atoms with Gasteiger partial charge in [-0.2, -0.15) is 5.10 Å². The van der Waals surface area contributed by atoms with Crippen LogP contribution in [-0.4, -0.2) is 9.78 Å². The zero-order valence-electron chi connectivity index (χ0n) is 7.02. The molecule has 0 amide bonds. The van der Waals surface area contributed by atoms with Crippen LogP contribution in [0.25, 0.3) is 0 Å². The Bertz CT molecular complexity index is 381. The van der Waals surface area contributed by atoms with Crippen LogP contribution in [0.4, 0.5) is 0 Å². The Morgan fingerprint density at radius 3 is 2.62 bits per heavy atom. The second kappa shape index (κ2) is 3.62. The van der Waals surface area contributed by atoms with E-state index in [4.69, 9.17) is 11.6 Å². The fourth-order valence-electron chi connectivity index (χ4n) is 1.20. The molecule has 0 fully saturated rings. The lowest BCUT2D eigenvalue weighted by molar-refractivity contribution is 0.687. The molecule has 0 radical (unpaired) electrons. The van der Waals surface area contributed by atoms with Gasteiger partial charge in [0.05, 0.1) is 17.8 Å². The predicted molar refractivity (Wildman–Crippen MR) is 52.8 cm³/mol. The van der Waals surface area contributed by atoms with Gasteiger partial charge in [-0.3, -0.25) is 4.68 Å². The van der Waals surface area contributed by atoms with Crippen LogP contribution in [0.15, 0.2) is 42.7 Å². The molecular formula is C10H9ClN2. The molecule has 0 N–H and O–H groups in total. The van der Waals surface area contributed by atoms with Gasteiger partial charge < -0.3 is 0 Å². The number of hydrogen-bond donors (Lipinski definition) is 0. The third-order valence-corrected chi connectivity index (χ3v) is 1.98. The lowest BCUT2D eigenvalue weighted by Crippen LogP contribution is -1.98. The number of nitrogens with zero attached hydrogens (tertiary/aromatic N) is 2. The van der Waals surface area contributed by atoms with Crippen LogP contribution in [0.2, 0.25) is 5.02 Å². The van der Waals surface area contributed by atoms with Crippen molar-refractivity contribution in [1.29, 1.82) is 0 Å². The van der Waals surface area contributed by atoms with Gasteiger partial charge in [0.25, 0.3) is 0 Å². The highest BCUT2D eigenvalue weighted by Gasteiger charge is 1.95. The summed E-state index contributed by atoms with van der Waals surface area (Å²) in [5.41, 5.74) is 1.22. The van der Waals surface area contributed by atoms with Crippen molar-refractivity contribution in [2.24, 2.45) is 0 Å². The molecule has 0 bridgehead atoms. The van der Waals surface area contributed by atoms with E-state index in [9.17, 15) is 0 Å². The fourth-order valence-corrected chi connectivity index (χ4v) is 1.35. The Morgan fingerprint density at radius 2 is 2.00 bits per heavy atom. The molecule has 0 aliphatic heterocycles. The summed E-state index contributed by atoms with van der Waals surface area (Å²) in [6.45, 7) is 0.771. The molecule has 0 atom stereocenters. The number of aromatic nitrogens is 2. The van der Waals surface area contributed by atoms with E-state index in [1.807, 2.05) is 29.1 Å². The van der Waals surface area contributed by atoms with Crippen LogP contribution >= 0.6 is 11.6 Å². The summed E-state index contributed by atoms with van der Waals surface area (Å²) in [7, 11) is 0.